The molecule has 0 bridgehead atoms. The van der Waals surface area contributed by atoms with Crippen LogP contribution in [0, 0.1) is 0 Å². The van der Waals surface area contributed by atoms with Crippen molar-refractivity contribution in [1.29, 1.82) is 0 Å². The van der Waals surface area contributed by atoms with Crippen LogP contribution in [0.15, 0.2) is 28.7 Å². The Morgan fingerprint density at radius 1 is 1.45 bits per heavy atom. The summed E-state index contributed by atoms with van der Waals surface area (Å²) in [5, 5.41) is 13.0. The van der Waals surface area contributed by atoms with Gasteiger partial charge in [-0.05, 0) is 24.4 Å². The molecule has 0 aliphatic rings. The van der Waals surface area contributed by atoms with E-state index < -0.39 is 0 Å². The summed E-state index contributed by atoms with van der Waals surface area (Å²) in [6, 6.07) is 5.66. The maximum Gasteiger partial charge on any atom is 0.291 e. The number of hydrazone groups is 1. The van der Waals surface area contributed by atoms with Crippen LogP contribution in [0.2, 0.25) is 0 Å². The van der Waals surface area contributed by atoms with Crippen LogP contribution in [0.3, 0.4) is 0 Å². The molecular formula is C14H18N4OS. The standard InChI is InChI=1S/C14H18N4OS/c1-9(11-6-5-7-20-11)15-18-13(19)10-8-12(17-16-10)14(2,3)4/h5-8H,1-4H3,(H,16,17)(H,18,19)/b15-9+. The summed E-state index contributed by atoms with van der Waals surface area (Å²) in [5.74, 6) is -0.312. The van der Waals surface area contributed by atoms with Crippen LogP contribution in [0.25, 0.3) is 0 Å². The third-order valence-electron chi connectivity index (χ3n) is 2.82. The zero-order valence-electron chi connectivity index (χ0n) is 12.0. The summed E-state index contributed by atoms with van der Waals surface area (Å²) >= 11 is 1.58. The Morgan fingerprint density at radius 3 is 2.75 bits per heavy atom. The third-order valence-corrected chi connectivity index (χ3v) is 3.80. The lowest BCUT2D eigenvalue weighted by molar-refractivity contribution is 0.0950. The number of carbonyl (C=O) groups excluding carboxylic acids is 1. The number of aromatic amines is 1. The normalized spacial score (nSPS) is 12.5. The fraction of sp³-hybridized carbons (Fsp3) is 0.357. The molecule has 0 atom stereocenters. The maximum absolute atomic E-state index is 12.0. The molecule has 20 heavy (non-hydrogen) atoms. The molecule has 2 heterocycles. The first-order valence-electron chi connectivity index (χ1n) is 6.32. The van der Waals surface area contributed by atoms with E-state index >= 15 is 0 Å². The maximum atomic E-state index is 12.0. The van der Waals surface area contributed by atoms with Crippen molar-refractivity contribution >= 4 is 23.0 Å². The number of hydrogen-bond donors (Lipinski definition) is 2. The van der Waals surface area contributed by atoms with Gasteiger partial charge in [0.2, 0.25) is 0 Å². The smallest absolute Gasteiger partial charge is 0.281 e. The van der Waals surface area contributed by atoms with E-state index in [0.717, 1.165) is 16.3 Å². The van der Waals surface area contributed by atoms with Gasteiger partial charge in [0.25, 0.3) is 5.91 Å². The topological polar surface area (TPSA) is 70.1 Å². The van der Waals surface area contributed by atoms with Gasteiger partial charge in [-0.2, -0.15) is 10.2 Å². The second-order valence-electron chi connectivity index (χ2n) is 5.53. The molecule has 0 aromatic carbocycles. The molecule has 0 aliphatic heterocycles. The number of thiophene rings is 1. The molecule has 106 valence electrons. The molecule has 6 heteroatoms. The van der Waals surface area contributed by atoms with E-state index in [1.165, 1.54) is 0 Å². The highest BCUT2D eigenvalue weighted by Gasteiger charge is 2.19. The Labute approximate surface area is 122 Å². The molecule has 1 amide bonds. The lowest BCUT2D eigenvalue weighted by atomic mass is 9.92. The van der Waals surface area contributed by atoms with Gasteiger partial charge in [-0.1, -0.05) is 26.8 Å². The minimum atomic E-state index is -0.312. The molecule has 2 aromatic heterocycles. The Morgan fingerprint density at radius 2 is 2.20 bits per heavy atom. The molecule has 0 radical (unpaired) electrons. The van der Waals surface area contributed by atoms with Crippen molar-refractivity contribution < 1.29 is 4.79 Å². The third kappa shape index (κ3) is 3.33. The molecule has 2 N–H and O–H groups in total. The Kier molecular flexibility index (Phi) is 4.04. The van der Waals surface area contributed by atoms with E-state index in [4.69, 9.17) is 0 Å². The van der Waals surface area contributed by atoms with Crippen LogP contribution in [-0.4, -0.2) is 21.8 Å². The zero-order chi connectivity index (χ0) is 14.8. The Hall–Kier alpha value is -1.95. The van der Waals surface area contributed by atoms with Crippen molar-refractivity contribution in [2.24, 2.45) is 5.10 Å². The molecular weight excluding hydrogens is 272 g/mol. The van der Waals surface area contributed by atoms with Gasteiger partial charge in [0, 0.05) is 16.0 Å². The van der Waals surface area contributed by atoms with E-state index in [-0.39, 0.29) is 11.3 Å². The number of amides is 1. The average molecular weight is 290 g/mol. The number of nitrogens with one attached hydrogen (secondary N) is 2. The van der Waals surface area contributed by atoms with Gasteiger partial charge in [-0.3, -0.25) is 9.89 Å². The van der Waals surface area contributed by atoms with E-state index in [0.29, 0.717) is 5.69 Å². The molecule has 5 nitrogen and oxygen atoms in total. The van der Waals surface area contributed by atoms with Crippen molar-refractivity contribution in [3.63, 3.8) is 0 Å². The lowest BCUT2D eigenvalue weighted by Crippen LogP contribution is -2.19. The summed E-state index contributed by atoms with van der Waals surface area (Å²) < 4.78 is 0. The van der Waals surface area contributed by atoms with Crippen LogP contribution in [0.5, 0.6) is 0 Å². The van der Waals surface area contributed by atoms with Gasteiger partial charge in [-0.25, -0.2) is 5.43 Å². The van der Waals surface area contributed by atoms with Crippen molar-refractivity contribution in [3.8, 4) is 0 Å². The molecule has 0 saturated carbocycles. The lowest BCUT2D eigenvalue weighted by Gasteiger charge is -2.14. The van der Waals surface area contributed by atoms with Gasteiger partial charge in [0.05, 0.1) is 5.71 Å². The van der Waals surface area contributed by atoms with Gasteiger partial charge < -0.3 is 0 Å². The van der Waals surface area contributed by atoms with E-state index in [1.807, 2.05) is 24.4 Å². The Bertz CT molecular complexity index is 620. The molecule has 2 aromatic rings. The number of hydrogen-bond acceptors (Lipinski definition) is 4. The first-order chi connectivity index (χ1) is 9.38. The van der Waals surface area contributed by atoms with Crippen molar-refractivity contribution in [2.45, 2.75) is 33.1 Å². The van der Waals surface area contributed by atoms with Crippen LogP contribution < -0.4 is 5.43 Å². The first-order valence-corrected chi connectivity index (χ1v) is 7.20. The summed E-state index contributed by atoms with van der Waals surface area (Å²) in [6.07, 6.45) is 0. The van der Waals surface area contributed by atoms with Crippen LogP contribution in [0.4, 0.5) is 0 Å². The highest BCUT2D eigenvalue weighted by atomic mass is 32.1. The van der Waals surface area contributed by atoms with Crippen LogP contribution >= 0.6 is 11.3 Å². The van der Waals surface area contributed by atoms with Gasteiger partial charge >= 0.3 is 0 Å². The summed E-state index contributed by atoms with van der Waals surface area (Å²) in [7, 11) is 0. The molecule has 2 rings (SSSR count). The number of H-pyrrole nitrogens is 1. The number of rotatable bonds is 3. The van der Waals surface area contributed by atoms with E-state index in [2.05, 4.69) is 41.5 Å². The van der Waals surface area contributed by atoms with Crippen molar-refractivity contribution in [1.82, 2.24) is 15.6 Å². The first kappa shape index (κ1) is 14.5. The number of carbonyl (C=O) groups is 1. The summed E-state index contributed by atoms with van der Waals surface area (Å²) in [4.78, 5) is 13.0. The van der Waals surface area contributed by atoms with Gasteiger partial charge in [-0.15, -0.1) is 11.3 Å². The second kappa shape index (κ2) is 5.58. The molecule has 0 spiro atoms. The molecule has 0 aliphatic carbocycles. The minimum absolute atomic E-state index is 0.0678. The Balaban J connectivity index is 2.06. The van der Waals surface area contributed by atoms with E-state index in [1.54, 1.807) is 17.4 Å². The fourth-order valence-electron chi connectivity index (χ4n) is 1.55. The SMILES string of the molecule is C/C(=N\NC(=O)c1cc(C(C)(C)C)[nH]n1)c1cccs1. The quantitative estimate of drug-likeness (QED) is 0.674. The average Bonchev–Trinajstić information content (AvgIpc) is 3.04. The molecule has 0 saturated heterocycles. The fourth-order valence-corrected chi connectivity index (χ4v) is 2.23. The predicted molar refractivity (Wildman–Crippen MR) is 81.3 cm³/mol. The predicted octanol–water partition coefficient (Wildman–Crippen LogP) is 2.92. The highest BCUT2D eigenvalue weighted by molar-refractivity contribution is 7.12. The van der Waals surface area contributed by atoms with Crippen molar-refractivity contribution in [2.75, 3.05) is 0 Å². The molecule has 0 fully saturated rings. The number of aromatic nitrogens is 2. The van der Waals surface area contributed by atoms with Crippen LogP contribution in [0.1, 0.15) is 48.8 Å². The second-order valence-corrected chi connectivity index (χ2v) is 6.48. The number of nitrogens with zero attached hydrogens (tertiary/aromatic N) is 2. The summed E-state index contributed by atoms with van der Waals surface area (Å²) in [6.45, 7) is 8.03. The van der Waals surface area contributed by atoms with Gasteiger partial charge in [0.15, 0.2) is 5.69 Å². The minimum Gasteiger partial charge on any atom is -0.281 e. The zero-order valence-corrected chi connectivity index (χ0v) is 12.8. The van der Waals surface area contributed by atoms with Crippen molar-refractivity contribution in [3.05, 3.63) is 39.8 Å². The van der Waals surface area contributed by atoms with Crippen LogP contribution in [-0.2, 0) is 5.41 Å². The van der Waals surface area contributed by atoms with E-state index in [9.17, 15) is 4.79 Å². The van der Waals surface area contributed by atoms with Gasteiger partial charge in [0.1, 0.15) is 0 Å². The monoisotopic (exact) mass is 290 g/mol. The summed E-state index contributed by atoms with van der Waals surface area (Å²) in [5.41, 5.74) is 4.50. The molecule has 0 unspecified atom stereocenters. The highest BCUT2D eigenvalue weighted by Crippen LogP contribution is 2.20. The largest absolute Gasteiger partial charge is 0.291 e.